The van der Waals surface area contributed by atoms with Gasteiger partial charge < -0.3 is 5.73 Å². The Kier molecular flexibility index (Phi) is 1.62. The average molecular weight is 192 g/mol. The minimum atomic E-state index is 0.589. The number of aromatic nitrogens is 2. The molecule has 0 aromatic carbocycles. The van der Waals surface area contributed by atoms with E-state index in [1.807, 2.05) is 0 Å². The van der Waals surface area contributed by atoms with Gasteiger partial charge in [-0.3, -0.25) is 4.90 Å². The molecule has 0 spiro atoms. The van der Waals surface area contributed by atoms with E-state index in [4.69, 9.17) is 5.73 Å². The van der Waals surface area contributed by atoms with Crippen molar-refractivity contribution >= 4 is 5.82 Å². The van der Waals surface area contributed by atoms with Crippen LogP contribution in [-0.2, 0) is 13.1 Å². The first kappa shape index (κ1) is 8.29. The SMILES string of the molecule is CN1Cc2nn(C3CCC3)c(N)c2C1. The summed E-state index contributed by atoms with van der Waals surface area (Å²) in [6, 6.07) is 0.589. The van der Waals surface area contributed by atoms with Crippen molar-refractivity contribution in [1.82, 2.24) is 14.7 Å². The molecular weight excluding hydrogens is 176 g/mol. The number of rotatable bonds is 1. The number of nitrogens with zero attached hydrogens (tertiary/aromatic N) is 3. The molecule has 0 unspecified atom stereocenters. The lowest BCUT2D eigenvalue weighted by molar-refractivity contribution is 0.284. The Balaban J connectivity index is 1.97. The molecule has 0 bridgehead atoms. The summed E-state index contributed by atoms with van der Waals surface area (Å²) >= 11 is 0. The van der Waals surface area contributed by atoms with Gasteiger partial charge in [-0.1, -0.05) is 0 Å². The summed E-state index contributed by atoms with van der Waals surface area (Å²) < 4.78 is 2.06. The Morgan fingerprint density at radius 3 is 2.71 bits per heavy atom. The summed E-state index contributed by atoms with van der Waals surface area (Å²) in [6.45, 7) is 1.92. The van der Waals surface area contributed by atoms with Gasteiger partial charge in [0.2, 0.25) is 0 Å². The maximum atomic E-state index is 6.10. The quantitative estimate of drug-likeness (QED) is 0.725. The molecule has 1 fully saturated rings. The van der Waals surface area contributed by atoms with Gasteiger partial charge in [0.15, 0.2) is 0 Å². The molecule has 4 heteroatoms. The van der Waals surface area contributed by atoms with Crippen LogP contribution in [0.2, 0.25) is 0 Å². The largest absolute Gasteiger partial charge is 0.384 e. The molecule has 1 aromatic heterocycles. The minimum Gasteiger partial charge on any atom is -0.384 e. The number of nitrogen functional groups attached to an aromatic ring is 1. The fraction of sp³-hybridized carbons (Fsp3) is 0.700. The van der Waals surface area contributed by atoms with E-state index in [0.29, 0.717) is 6.04 Å². The van der Waals surface area contributed by atoms with E-state index in [1.165, 1.54) is 30.5 Å². The molecule has 2 N–H and O–H groups in total. The summed E-state index contributed by atoms with van der Waals surface area (Å²) in [6.07, 6.45) is 3.83. The first-order chi connectivity index (χ1) is 6.75. The molecule has 0 radical (unpaired) electrons. The number of hydrogen-bond acceptors (Lipinski definition) is 3. The molecule has 2 aliphatic rings. The zero-order chi connectivity index (χ0) is 9.71. The maximum Gasteiger partial charge on any atom is 0.126 e. The van der Waals surface area contributed by atoms with Crippen molar-refractivity contribution < 1.29 is 0 Å². The van der Waals surface area contributed by atoms with E-state index in [9.17, 15) is 0 Å². The number of hydrogen-bond donors (Lipinski definition) is 1. The monoisotopic (exact) mass is 192 g/mol. The lowest BCUT2D eigenvalue weighted by Gasteiger charge is -2.27. The van der Waals surface area contributed by atoms with Crippen LogP contribution in [0.25, 0.3) is 0 Å². The van der Waals surface area contributed by atoms with Crippen molar-refractivity contribution in [3.05, 3.63) is 11.3 Å². The lowest BCUT2D eigenvalue weighted by Crippen LogP contribution is -2.21. The molecule has 1 saturated carbocycles. The van der Waals surface area contributed by atoms with Gasteiger partial charge in [-0.15, -0.1) is 0 Å². The van der Waals surface area contributed by atoms with E-state index in [0.717, 1.165) is 18.9 Å². The van der Waals surface area contributed by atoms with Crippen molar-refractivity contribution in [3.8, 4) is 0 Å². The highest BCUT2D eigenvalue weighted by atomic mass is 15.4. The van der Waals surface area contributed by atoms with Crippen molar-refractivity contribution in [3.63, 3.8) is 0 Å². The van der Waals surface area contributed by atoms with Crippen LogP contribution in [-0.4, -0.2) is 21.7 Å². The van der Waals surface area contributed by atoms with Crippen molar-refractivity contribution in [2.45, 2.75) is 38.4 Å². The summed E-state index contributed by atoms with van der Waals surface area (Å²) in [5.41, 5.74) is 8.56. The molecule has 3 rings (SSSR count). The first-order valence-electron chi connectivity index (χ1n) is 5.30. The highest BCUT2D eigenvalue weighted by molar-refractivity contribution is 5.45. The topological polar surface area (TPSA) is 47.1 Å². The number of fused-ring (bicyclic) bond motifs is 1. The van der Waals surface area contributed by atoms with Crippen LogP contribution in [0.4, 0.5) is 5.82 Å². The summed E-state index contributed by atoms with van der Waals surface area (Å²) in [7, 11) is 2.11. The summed E-state index contributed by atoms with van der Waals surface area (Å²) in [4.78, 5) is 2.25. The van der Waals surface area contributed by atoms with Gasteiger partial charge in [-0.05, 0) is 26.3 Å². The Morgan fingerprint density at radius 1 is 1.36 bits per heavy atom. The van der Waals surface area contributed by atoms with Gasteiger partial charge in [-0.2, -0.15) is 5.10 Å². The van der Waals surface area contributed by atoms with Gasteiger partial charge in [0.1, 0.15) is 5.82 Å². The molecule has 1 aliphatic carbocycles. The molecule has 1 aromatic rings. The Bertz CT molecular complexity index is 364. The van der Waals surface area contributed by atoms with Crippen LogP contribution in [0.3, 0.4) is 0 Å². The smallest absolute Gasteiger partial charge is 0.126 e. The average Bonchev–Trinajstić information content (AvgIpc) is 2.51. The standard InChI is InChI=1S/C10H16N4/c1-13-5-8-9(6-13)12-14(10(8)11)7-3-2-4-7/h7H,2-6,11H2,1H3. The zero-order valence-electron chi connectivity index (χ0n) is 8.53. The van der Waals surface area contributed by atoms with Gasteiger partial charge in [0.25, 0.3) is 0 Å². The Morgan fingerprint density at radius 2 is 2.14 bits per heavy atom. The minimum absolute atomic E-state index is 0.589. The molecule has 0 atom stereocenters. The van der Waals surface area contributed by atoms with Crippen LogP contribution in [0.1, 0.15) is 36.6 Å². The van der Waals surface area contributed by atoms with E-state index in [1.54, 1.807) is 0 Å². The van der Waals surface area contributed by atoms with Crippen molar-refractivity contribution in [2.24, 2.45) is 0 Å². The van der Waals surface area contributed by atoms with E-state index < -0.39 is 0 Å². The molecule has 4 nitrogen and oxygen atoms in total. The van der Waals surface area contributed by atoms with Crippen LogP contribution in [0, 0.1) is 0 Å². The van der Waals surface area contributed by atoms with E-state index in [-0.39, 0.29) is 0 Å². The van der Waals surface area contributed by atoms with E-state index in [2.05, 4.69) is 21.7 Å². The maximum absolute atomic E-state index is 6.10. The number of anilines is 1. The molecule has 2 heterocycles. The molecule has 76 valence electrons. The second-order valence-electron chi connectivity index (χ2n) is 4.51. The van der Waals surface area contributed by atoms with Gasteiger partial charge in [0.05, 0.1) is 11.7 Å². The molecule has 0 amide bonds. The second kappa shape index (κ2) is 2.73. The summed E-state index contributed by atoms with van der Waals surface area (Å²) in [5, 5.41) is 4.61. The third-order valence-electron chi connectivity index (χ3n) is 3.40. The Hall–Kier alpha value is -1.03. The second-order valence-corrected chi connectivity index (χ2v) is 4.51. The van der Waals surface area contributed by atoms with Crippen LogP contribution >= 0.6 is 0 Å². The third kappa shape index (κ3) is 1.00. The van der Waals surface area contributed by atoms with Crippen LogP contribution in [0.5, 0.6) is 0 Å². The lowest BCUT2D eigenvalue weighted by atomic mass is 9.93. The normalized spacial score (nSPS) is 22.4. The van der Waals surface area contributed by atoms with Gasteiger partial charge >= 0.3 is 0 Å². The van der Waals surface area contributed by atoms with Crippen molar-refractivity contribution in [2.75, 3.05) is 12.8 Å². The Labute approximate surface area is 83.7 Å². The molecule has 0 saturated heterocycles. The summed E-state index contributed by atoms with van der Waals surface area (Å²) in [5.74, 6) is 0.911. The van der Waals surface area contributed by atoms with Crippen LogP contribution in [0.15, 0.2) is 0 Å². The van der Waals surface area contributed by atoms with Crippen molar-refractivity contribution in [1.29, 1.82) is 0 Å². The predicted octanol–water partition coefficient (Wildman–Crippen LogP) is 1.14. The highest BCUT2D eigenvalue weighted by Gasteiger charge is 2.29. The fourth-order valence-corrected chi connectivity index (χ4v) is 2.32. The van der Waals surface area contributed by atoms with E-state index >= 15 is 0 Å². The fourth-order valence-electron chi connectivity index (χ4n) is 2.32. The van der Waals surface area contributed by atoms with Gasteiger partial charge in [-0.25, -0.2) is 4.68 Å². The predicted molar refractivity (Wildman–Crippen MR) is 54.7 cm³/mol. The molecular formula is C10H16N4. The highest BCUT2D eigenvalue weighted by Crippen LogP contribution is 2.36. The molecule has 1 aliphatic heterocycles. The van der Waals surface area contributed by atoms with Gasteiger partial charge in [0, 0.05) is 18.7 Å². The molecule has 14 heavy (non-hydrogen) atoms. The third-order valence-corrected chi connectivity index (χ3v) is 3.40. The first-order valence-corrected chi connectivity index (χ1v) is 5.30. The zero-order valence-corrected chi connectivity index (χ0v) is 8.53. The van der Waals surface area contributed by atoms with Crippen LogP contribution < -0.4 is 5.73 Å². The number of nitrogens with two attached hydrogens (primary N) is 1.